The zero-order valence-corrected chi connectivity index (χ0v) is 10.7. The molecule has 1 rings (SSSR count). The van der Waals surface area contributed by atoms with E-state index in [0.717, 1.165) is 10.0 Å². The van der Waals surface area contributed by atoms with Crippen molar-refractivity contribution in [3.05, 3.63) is 52.7 Å². The van der Waals surface area contributed by atoms with E-state index in [1.165, 1.54) is 0 Å². The Kier molecular flexibility index (Phi) is 4.58. The monoisotopic (exact) mass is 276 g/mol. The molecule has 0 amide bonds. The van der Waals surface area contributed by atoms with Crippen LogP contribution in [0, 0.1) is 11.8 Å². The Balaban J connectivity index is 3.13. The first-order chi connectivity index (χ1) is 7.62. The van der Waals surface area contributed by atoms with Gasteiger partial charge < -0.3 is 5.11 Å². The molecule has 0 fully saturated rings. The standard InChI is InChI=1S/C14H13BrO/c1-3-5-11-14(16,10-4-2)12-6-8-13(15)9-7-12/h6-10,16H,2,11H2,1H3. The van der Waals surface area contributed by atoms with Gasteiger partial charge in [0.2, 0.25) is 0 Å². The summed E-state index contributed by atoms with van der Waals surface area (Å²) in [4.78, 5) is 0. The highest BCUT2D eigenvalue weighted by Gasteiger charge is 2.24. The molecule has 0 aliphatic rings. The van der Waals surface area contributed by atoms with Crippen LogP contribution in [-0.2, 0) is 5.60 Å². The largest absolute Gasteiger partial charge is 0.379 e. The van der Waals surface area contributed by atoms with E-state index in [9.17, 15) is 5.11 Å². The number of rotatable bonds is 3. The van der Waals surface area contributed by atoms with E-state index in [4.69, 9.17) is 0 Å². The Bertz CT molecular complexity index is 458. The van der Waals surface area contributed by atoms with E-state index >= 15 is 0 Å². The van der Waals surface area contributed by atoms with Crippen LogP contribution < -0.4 is 0 Å². The molecule has 82 valence electrons. The fraction of sp³-hybridized carbons (Fsp3) is 0.214. The first kappa shape index (κ1) is 12.8. The molecule has 1 unspecified atom stereocenters. The van der Waals surface area contributed by atoms with Gasteiger partial charge in [0.25, 0.3) is 0 Å². The summed E-state index contributed by atoms with van der Waals surface area (Å²) in [6, 6.07) is 7.48. The summed E-state index contributed by atoms with van der Waals surface area (Å²) in [6.45, 7) is 5.25. The highest BCUT2D eigenvalue weighted by atomic mass is 79.9. The van der Waals surface area contributed by atoms with Gasteiger partial charge in [0.05, 0.1) is 0 Å². The Morgan fingerprint density at radius 2 is 2.06 bits per heavy atom. The second-order valence-electron chi connectivity index (χ2n) is 3.38. The summed E-state index contributed by atoms with van der Waals surface area (Å²) >= 11 is 3.36. The number of benzene rings is 1. The SMILES string of the molecule is C=C=CC(O)(CC#CC)c1ccc(Br)cc1. The van der Waals surface area contributed by atoms with Gasteiger partial charge in [-0.25, -0.2) is 0 Å². The van der Waals surface area contributed by atoms with Crippen LogP contribution in [0.25, 0.3) is 0 Å². The molecular formula is C14H13BrO. The lowest BCUT2D eigenvalue weighted by Crippen LogP contribution is -2.21. The van der Waals surface area contributed by atoms with Crippen LogP contribution in [0.1, 0.15) is 18.9 Å². The Morgan fingerprint density at radius 3 is 2.56 bits per heavy atom. The topological polar surface area (TPSA) is 20.2 Å². The lowest BCUT2D eigenvalue weighted by Gasteiger charge is -2.21. The molecule has 2 heteroatoms. The first-order valence-corrected chi connectivity index (χ1v) is 5.66. The molecule has 0 bridgehead atoms. The van der Waals surface area contributed by atoms with Crippen molar-refractivity contribution in [3.8, 4) is 11.8 Å². The molecule has 1 aromatic carbocycles. The van der Waals surface area contributed by atoms with Crippen molar-refractivity contribution >= 4 is 15.9 Å². The highest BCUT2D eigenvalue weighted by molar-refractivity contribution is 9.10. The molecular weight excluding hydrogens is 264 g/mol. The molecule has 1 nitrogen and oxygen atoms in total. The van der Waals surface area contributed by atoms with Crippen molar-refractivity contribution < 1.29 is 5.11 Å². The van der Waals surface area contributed by atoms with E-state index < -0.39 is 5.60 Å². The second-order valence-corrected chi connectivity index (χ2v) is 4.30. The van der Waals surface area contributed by atoms with Crippen LogP contribution in [0.2, 0.25) is 0 Å². The molecule has 0 spiro atoms. The van der Waals surface area contributed by atoms with Crippen molar-refractivity contribution in [3.63, 3.8) is 0 Å². The van der Waals surface area contributed by atoms with Crippen LogP contribution in [0.15, 0.2) is 47.1 Å². The minimum Gasteiger partial charge on any atom is -0.379 e. The van der Waals surface area contributed by atoms with Crippen molar-refractivity contribution in [1.82, 2.24) is 0 Å². The Morgan fingerprint density at radius 1 is 1.44 bits per heavy atom. The van der Waals surface area contributed by atoms with Gasteiger partial charge in [0.1, 0.15) is 5.60 Å². The maximum Gasteiger partial charge on any atom is 0.126 e. The molecule has 0 saturated heterocycles. The van der Waals surface area contributed by atoms with Gasteiger partial charge >= 0.3 is 0 Å². The quantitative estimate of drug-likeness (QED) is 0.663. The molecule has 0 heterocycles. The first-order valence-electron chi connectivity index (χ1n) is 4.87. The smallest absolute Gasteiger partial charge is 0.126 e. The minimum absolute atomic E-state index is 0.341. The molecule has 0 aliphatic carbocycles. The molecule has 1 N–H and O–H groups in total. The van der Waals surface area contributed by atoms with Crippen LogP contribution in [0.4, 0.5) is 0 Å². The predicted octanol–water partition coefficient (Wildman–Crippen LogP) is 3.39. The van der Waals surface area contributed by atoms with Crippen molar-refractivity contribution in [2.24, 2.45) is 0 Å². The van der Waals surface area contributed by atoms with Crippen LogP contribution in [0.3, 0.4) is 0 Å². The van der Waals surface area contributed by atoms with Crippen LogP contribution in [-0.4, -0.2) is 5.11 Å². The average molecular weight is 277 g/mol. The fourth-order valence-electron chi connectivity index (χ4n) is 1.37. The van der Waals surface area contributed by atoms with Gasteiger partial charge in [-0.2, -0.15) is 0 Å². The molecule has 0 saturated carbocycles. The molecule has 1 aromatic rings. The Labute approximate surface area is 105 Å². The van der Waals surface area contributed by atoms with Gasteiger partial charge in [-0.1, -0.05) is 40.6 Å². The predicted molar refractivity (Wildman–Crippen MR) is 69.8 cm³/mol. The van der Waals surface area contributed by atoms with Crippen LogP contribution >= 0.6 is 15.9 Å². The lowest BCUT2D eigenvalue weighted by atomic mass is 9.90. The van der Waals surface area contributed by atoms with Crippen LogP contribution in [0.5, 0.6) is 0 Å². The zero-order valence-electron chi connectivity index (χ0n) is 9.13. The molecule has 1 atom stereocenters. The van der Waals surface area contributed by atoms with Crippen molar-refractivity contribution in [1.29, 1.82) is 0 Å². The van der Waals surface area contributed by atoms with E-state index in [-0.39, 0.29) is 0 Å². The molecule has 0 radical (unpaired) electrons. The number of halogens is 1. The number of hydrogen-bond donors (Lipinski definition) is 1. The van der Waals surface area contributed by atoms with Gasteiger partial charge in [-0.05, 0) is 30.7 Å². The van der Waals surface area contributed by atoms with Gasteiger partial charge in [0.15, 0.2) is 0 Å². The summed E-state index contributed by atoms with van der Waals surface area (Å²) in [5, 5.41) is 10.4. The van der Waals surface area contributed by atoms with Gasteiger partial charge in [0, 0.05) is 10.9 Å². The fourth-order valence-corrected chi connectivity index (χ4v) is 1.63. The third kappa shape index (κ3) is 3.12. The second kappa shape index (κ2) is 5.72. The summed E-state index contributed by atoms with van der Waals surface area (Å²) in [6.07, 6.45) is 1.88. The summed E-state index contributed by atoms with van der Waals surface area (Å²) in [5.41, 5.74) is 2.31. The normalized spacial score (nSPS) is 12.9. The summed E-state index contributed by atoms with van der Waals surface area (Å²) in [7, 11) is 0. The van der Waals surface area contributed by atoms with E-state index in [1.807, 2.05) is 24.3 Å². The van der Waals surface area contributed by atoms with E-state index in [2.05, 4.69) is 40.1 Å². The summed E-state index contributed by atoms with van der Waals surface area (Å²) in [5.74, 6) is 5.65. The Hall–Kier alpha value is -1.26. The van der Waals surface area contributed by atoms with E-state index in [1.54, 1.807) is 13.0 Å². The minimum atomic E-state index is -1.11. The third-order valence-electron chi connectivity index (χ3n) is 2.22. The zero-order chi connectivity index (χ0) is 12.0. The highest BCUT2D eigenvalue weighted by Crippen LogP contribution is 2.27. The maximum absolute atomic E-state index is 10.4. The van der Waals surface area contributed by atoms with E-state index in [0.29, 0.717) is 6.42 Å². The van der Waals surface area contributed by atoms with Gasteiger partial charge in [-0.3, -0.25) is 0 Å². The molecule has 16 heavy (non-hydrogen) atoms. The van der Waals surface area contributed by atoms with Crippen molar-refractivity contribution in [2.75, 3.05) is 0 Å². The third-order valence-corrected chi connectivity index (χ3v) is 2.75. The molecule has 0 aliphatic heterocycles. The molecule has 0 aromatic heterocycles. The van der Waals surface area contributed by atoms with Gasteiger partial charge in [-0.15, -0.1) is 11.7 Å². The maximum atomic E-state index is 10.4. The van der Waals surface area contributed by atoms with Crippen molar-refractivity contribution in [2.45, 2.75) is 18.9 Å². The summed E-state index contributed by atoms with van der Waals surface area (Å²) < 4.78 is 0.975. The number of hydrogen-bond acceptors (Lipinski definition) is 1. The average Bonchev–Trinajstić information content (AvgIpc) is 2.27. The lowest BCUT2D eigenvalue weighted by molar-refractivity contribution is 0.0955. The number of aliphatic hydroxyl groups is 1.